The number of unbranched alkanes of at least 4 members (excludes halogenated alkanes) is 1. The third-order valence-electron chi connectivity index (χ3n) is 4.65. The molecule has 0 unspecified atom stereocenters. The van der Waals surface area contributed by atoms with Crippen LogP contribution in [0.3, 0.4) is 0 Å². The number of aliphatic imine (C=N–C) groups is 1. The summed E-state index contributed by atoms with van der Waals surface area (Å²) in [5.41, 5.74) is 2.07. The summed E-state index contributed by atoms with van der Waals surface area (Å²) in [4.78, 5) is 16.2. The number of halogens is 2. The summed E-state index contributed by atoms with van der Waals surface area (Å²) in [6.45, 7) is 0.490. The van der Waals surface area contributed by atoms with Gasteiger partial charge in [-0.1, -0.05) is 25.5 Å². The predicted octanol–water partition coefficient (Wildman–Crippen LogP) is 3.69. The molecule has 0 saturated carbocycles. The second-order valence-corrected chi connectivity index (χ2v) is 6.94. The maximum atomic E-state index is 12.7. The quantitative estimate of drug-likeness (QED) is 0.277. The molecule has 0 spiro atoms. The molecule has 0 fully saturated rings. The van der Waals surface area contributed by atoms with Gasteiger partial charge in [-0.2, -0.15) is 8.78 Å². The van der Waals surface area contributed by atoms with Crippen LogP contribution in [0.2, 0.25) is 0 Å². The standard InChI is InChI=1S/C23H30F2N4O3/c1-4-5-12-27-21(30)17-8-6-16(7-9-17)14-28-23(26-2)29-15-18-13-19(31-3)10-11-20(18)32-22(24)25/h6-11,13,22H,4-5,12,14-15H2,1-3H3,(H,27,30)(H2,26,28,29). The van der Waals surface area contributed by atoms with E-state index in [-0.39, 0.29) is 18.2 Å². The number of alkyl halides is 2. The first kappa shape index (κ1) is 24.9. The van der Waals surface area contributed by atoms with Crippen LogP contribution in [0.25, 0.3) is 0 Å². The van der Waals surface area contributed by atoms with Gasteiger partial charge in [0.2, 0.25) is 0 Å². The number of carbonyl (C=O) groups is 1. The van der Waals surface area contributed by atoms with E-state index < -0.39 is 6.61 Å². The molecule has 0 heterocycles. The maximum Gasteiger partial charge on any atom is 0.387 e. The molecule has 0 aliphatic carbocycles. The topological polar surface area (TPSA) is 84.0 Å². The minimum atomic E-state index is -2.92. The van der Waals surface area contributed by atoms with Gasteiger partial charge < -0.3 is 25.4 Å². The van der Waals surface area contributed by atoms with Gasteiger partial charge >= 0.3 is 6.61 Å². The van der Waals surface area contributed by atoms with Crippen molar-refractivity contribution in [3.63, 3.8) is 0 Å². The fraction of sp³-hybridized carbons (Fsp3) is 0.391. The molecule has 0 aromatic heterocycles. The molecule has 1 amide bonds. The lowest BCUT2D eigenvalue weighted by atomic mass is 10.1. The number of carbonyl (C=O) groups excluding carboxylic acids is 1. The van der Waals surface area contributed by atoms with Crippen molar-refractivity contribution < 1.29 is 23.0 Å². The Labute approximate surface area is 187 Å². The third kappa shape index (κ3) is 8.05. The van der Waals surface area contributed by atoms with E-state index in [1.807, 2.05) is 12.1 Å². The summed E-state index contributed by atoms with van der Waals surface area (Å²) in [7, 11) is 3.11. The van der Waals surface area contributed by atoms with Crippen molar-refractivity contribution in [1.29, 1.82) is 0 Å². The van der Waals surface area contributed by atoms with E-state index >= 15 is 0 Å². The van der Waals surface area contributed by atoms with E-state index in [1.165, 1.54) is 13.2 Å². The van der Waals surface area contributed by atoms with Crippen LogP contribution in [-0.2, 0) is 13.1 Å². The van der Waals surface area contributed by atoms with Gasteiger partial charge in [0.1, 0.15) is 11.5 Å². The number of hydrogen-bond acceptors (Lipinski definition) is 4. The van der Waals surface area contributed by atoms with Crippen LogP contribution in [0.5, 0.6) is 11.5 Å². The number of rotatable bonds is 11. The number of hydrogen-bond donors (Lipinski definition) is 3. The number of guanidine groups is 1. The molecule has 0 aliphatic rings. The summed E-state index contributed by atoms with van der Waals surface area (Å²) in [6.07, 6.45) is 1.98. The van der Waals surface area contributed by atoms with Crippen LogP contribution in [0, 0.1) is 0 Å². The molecule has 3 N–H and O–H groups in total. The number of nitrogens with zero attached hydrogens (tertiary/aromatic N) is 1. The lowest BCUT2D eigenvalue weighted by Crippen LogP contribution is -2.36. The molecule has 7 nitrogen and oxygen atoms in total. The Hall–Kier alpha value is -3.36. The Morgan fingerprint density at radius 2 is 1.78 bits per heavy atom. The van der Waals surface area contributed by atoms with Crippen molar-refractivity contribution in [2.75, 3.05) is 20.7 Å². The minimum Gasteiger partial charge on any atom is -0.497 e. The Morgan fingerprint density at radius 1 is 1.06 bits per heavy atom. The first-order valence-corrected chi connectivity index (χ1v) is 10.4. The zero-order valence-corrected chi connectivity index (χ0v) is 18.6. The second-order valence-electron chi connectivity index (χ2n) is 6.94. The smallest absolute Gasteiger partial charge is 0.387 e. The van der Waals surface area contributed by atoms with E-state index in [4.69, 9.17) is 4.74 Å². The summed E-state index contributed by atoms with van der Waals surface area (Å²) < 4.78 is 35.1. The molecule has 2 aromatic rings. The molecule has 174 valence electrons. The van der Waals surface area contributed by atoms with Crippen molar-refractivity contribution in [3.8, 4) is 11.5 Å². The Balaban J connectivity index is 1.91. The highest BCUT2D eigenvalue weighted by molar-refractivity contribution is 5.94. The van der Waals surface area contributed by atoms with Crippen LogP contribution in [0.4, 0.5) is 8.78 Å². The average molecular weight is 449 g/mol. The molecule has 0 bridgehead atoms. The number of ether oxygens (including phenoxy) is 2. The molecule has 0 saturated heterocycles. The zero-order valence-electron chi connectivity index (χ0n) is 18.6. The average Bonchev–Trinajstić information content (AvgIpc) is 2.80. The van der Waals surface area contributed by atoms with Crippen LogP contribution < -0.4 is 25.4 Å². The van der Waals surface area contributed by atoms with Gasteiger partial charge in [0.05, 0.1) is 7.11 Å². The highest BCUT2D eigenvalue weighted by Crippen LogP contribution is 2.25. The monoisotopic (exact) mass is 448 g/mol. The van der Waals surface area contributed by atoms with Crippen molar-refractivity contribution in [2.24, 2.45) is 4.99 Å². The fourth-order valence-electron chi connectivity index (χ4n) is 2.87. The molecule has 0 atom stereocenters. The SMILES string of the molecule is CCCCNC(=O)c1ccc(CNC(=NC)NCc2cc(OC)ccc2OC(F)F)cc1. The van der Waals surface area contributed by atoms with E-state index in [9.17, 15) is 13.6 Å². The predicted molar refractivity (Wildman–Crippen MR) is 120 cm³/mol. The number of amides is 1. The first-order chi connectivity index (χ1) is 15.5. The highest BCUT2D eigenvalue weighted by Gasteiger charge is 2.12. The Bertz CT molecular complexity index is 889. The normalized spacial score (nSPS) is 11.2. The summed E-state index contributed by atoms with van der Waals surface area (Å²) in [5, 5.41) is 9.11. The number of nitrogens with one attached hydrogen (secondary N) is 3. The van der Waals surface area contributed by atoms with E-state index in [0.717, 1.165) is 18.4 Å². The van der Waals surface area contributed by atoms with Gasteiger partial charge in [-0.05, 0) is 42.3 Å². The van der Waals surface area contributed by atoms with Crippen molar-refractivity contribution in [1.82, 2.24) is 16.0 Å². The Kier molecular flexibility index (Phi) is 10.2. The van der Waals surface area contributed by atoms with Gasteiger partial charge in [-0.15, -0.1) is 0 Å². The fourth-order valence-corrected chi connectivity index (χ4v) is 2.87. The lowest BCUT2D eigenvalue weighted by Gasteiger charge is -2.15. The van der Waals surface area contributed by atoms with Gasteiger partial charge in [0.25, 0.3) is 5.91 Å². The third-order valence-corrected chi connectivity index (χ3v) is 4.65. The minimum absolute atomic E-state index is 0.0663. The molecule has 2 aromatic carbocycles. The first-order valence-electron chi connectivity index (χ1n) is 10.4. The van der Waals surface area contributed by atoms with Crippen LogP contribution in [0.1, 0.15) is 41.3 Å². The molecule has 0 radical (unpaired) electrons. The van der Waals surface area contributed by atoms with Gasteiger partial charge in [-0.3, -0.25) is 9.79 Å². The molecule has 0 aliphatic heterocycles. The number of benzene rings is 2. The molecule has 2 rings (SSSR count). The lowest BCUT2D eigenvalue weighted by molar-refractivity contribution is -0.0505. The van der Waals surface area contributed by atoms with Gasteiger partial charge in [0.15, 0.2) is 5.96 Å². The zero-order chi connectivity index (χ0) is 23.3. The maximum absolute atomic E-state index is 12.7. The van der Waals surface area contributed by atoms with Crippen LogP contribution in [0.15, 0.2) is 47.5 Å². The van der Waals surface area contributed by atoms with E-state index in [1.54, 1.807) is 31.3 Å². The van der Waals surface area contributed by atoms with Crippen molar-refractivity contribution in [3.05, 3.63) is 59.2 Å². The van der Waals surface area contributed by atoms with Crippen molar-refractivity contribution in [2.45, 2.75) is 39.5 Å². The van der Waals surface area contributed by atoms with Gasteiger partial charge in [0, 0.05) is 37.8 Å². The van der Waals surface area contributed by atoms with E-state index in [0.29, 0.717) is 35.9 Å². The molecular formula is C23H30F2N4O3. The summed E-state index contributed by atoms with van der Waals surface area (Å²) in [5.74, 6) is 0.995. The summed E-state index contributed by atoms with van der Waals surface area (Å²) in [6, 6.07) is 11.9. The molecule has 9 heteroatoms. The highest BCUT2D eigenvalue weighted by atomic mass is 19.3. The van der Waals surface area contributed by atoms with Crippen molar-refractivity contribution >= 4 is 11.9 Å². The summed E-state index contributed by atoms with van der Waals surface area (Å²) >= 11 is 0. The van der Waals surface area contributed by atoms with E-state index in [2.05, 4.69) is 32.6 Å². The van der Waals surface area contributed by atoms with Crippen LogP contribution >= 0.6 is 0 Å². The Morgan fingerprint density at radius 3 is 2.41 bits per heavy atom. The second kappa shape index (κ2) is 13.1. The van der Waals surface area contributed by atoms with Gasteiger partial charge in [-0.25, -0.2) is 0 Å². The van der Waals surface area contributed by atoms with Crippen LogP contribution in [-0.4, -0.2) is 39.2 Å². The largest absolute Gasteiger partial charge is 0.497 e. The molecular weight excluding hydrogens is 418 g/mol. The number of methoxy groups -OCH3 is 1. The molecule has 32 heavy (non-hydrogen) atoms.